The molecule has 0 amide bonds. The summed E-state index contributed by atoms with van der Waals surface area (Å²) in [7, 11) is 0. The molecule has 0 aromatic carbocycles. The molecule has 0 aromatic rings. The lowest BCUT2D eigenvalue weighted by atomic mass is 10.1. The van der Waals surface area contributed by atoms with E-state index < -0.39 is 0 Å². The lowest BCUT2D eigenvalue weighted by Crippen LogP contribution is -2.61. The molecule has 0 aliphatic rings. The molecule has 0 radical (unpaired) electrons. The molecule has 0 heterocycles. The fourth-order valence-electron chi connectivity index (χ4n) is 3.91. The van der Waals surface area contributed by atoms with Gasteiger partial charge in [0, 0.05) is 19.6 Å². The quantitative estimate of drug-likeness (QED) is 0.0937. The predicted molar refractivity (Wildman–Crippen MR) is 135 cm³/mol. The van der Waals surface area contributed by atoms with Crippen molar-refractivity contribution in [3.63, 3.8) is 0 Å². The molecule has 0 saturated heterocycles. The average molecular weight is 433 g/mol. The Morgan fingerprint density at radius 1 is 0.586 bits per heavy atom. The van der Waals surface area contributed by atoms with Gasteiger partial charge in [0.05, 0.1) is 19.6 Å². The second-order valence-electron chi connectivity index (χ2n) is 8.61. The van der Waals surface area contributed by atoms with Crippen molar-refractivity contribution in [2.24, 2.45) is 4.99 Å². The van der Waals surface area contributed by atoms with Crippen LogP contribution in [-0.4, -0.2) is 54.6 Å². The Balaban J connectivity index is 0. The van der Waals surface area contributed by atoms with Crippen LogP contribution in [0.3, 0.4) is 0 Å². The summed E-state index contributed by atoms with van der Waals surface area (Å²) < 4.78 is 1.15. The van der Waals surface area contributed by atoms with E-state index in [1.807, 2.05) is 0 Å². The van der Waals surface area contributed by atoms with Crippen molar-refractivity contribution in [2.45, 2.75) is 119 Å². The molecule has 0 spiro atoms. The Hall–Kier alpha value is -0.280. The normalized spacial score (nSPS) is 12.1. The number of hydrogen-bond donors (Lipinski definition) is 0. The van der Waals surface area contributed by atoms with Gasteiger partial charge in [0.2, 0.25) is 0 Å². The van der Waals surface area contributed by atoms with Crippen LogP contribution in [0.25, 0.3) is 0 Å². The van der Waals surface area contributed by atoms with Crippen LogP contribution in [0.4, 0.5) is 0 Å². The Kier molecular flexibility index (Phi) is 22.4. The van der Waals surface area contributed by atoms with E-state index >= 15 is 0 Å². The van der Waals surface area contributed by atoms with Gasteiger partial charge in [-0.05, 0) is 38.5 Å². The van der Waals surface area contributed by atoms with E-state index in [0.29, 0.717) is 0 Å². The number of hydrogen-bond acceptors (Lipinski definition) is 1. The first kappa shape index (κ1) is 30.9. The molecular weight excluding hydrogens is 378 g/mol. The zero-order valence-electron chi connectivity index (χ0n) is 21.0. The molecule has 0 rings (SSSR count). The van der Waals surface area contributed by atoms with Gasteiger partial charge >= 0.3 is 0 Å². The van der Waals surface area contributed by atoms with Gasteiger partial charge in [-0.3, -0.25) is 4.48 Å². The van der Waals surface area contributed by atoms with Gasteiger partial charge in [0.1, 0.15) is 0 Å². The highest BCUT2D eigenvalue weighted by atomic mass is 35.5. The van der Waals surface area contributed by atoms with E-state index in [9.17, 15) is 0 Å². The van der Waals surface area contributed by atoms with Gasteiger partial charge < -0.3 is 4.90 Å². The van der Waals surface area contributed by atoms with Crippen molar-refractivity contribution < 1.29 is 4.48 Å². The summed E-state index contributed by atoms with van der Waals surface area (Å²) in [6, 6.07) is 0. The number of guanidine groups is 1. The zero-order valence-corrected chi connectivity index (χ0v) is 21.8. The third kappa shape index (κ3) is 12.9. The van der Waals surface area contributed by atoms with E-state index in [4.69, 9.17) is 4.99 Å². The van der Waals surface area contributed by atoms with Crippen LogP contribution in [-0.2, 0) is 0 Å². The standard InChI is InChI=1S/C25H54N3.ClH/c1-7-13-19-26-25(27(20-14-8-2)21-15-9-3)28(22-16-10-4,23-17-11-5)24-18-12-6;/h7-24H2,1-6H3;1H/q+1;. The van der Waals surface area contributed by atoms with Crippen LogP contribution < -0.4 is 0 Å². The number of nitrogens with zero attached hydrogens (tertiary/aromatic N) is 3. The maximum absolute atomic E-state index is 5.37. The highest BCUT2D eigenvalue weighted by molar-refractivity contribution is 5.85. The van der Waals surface area contributed by atoms with E-state index in [0.717, 1.165) is 11.0 Å². The number of unbranched alkanes of at least 4 members (excludes halogenated alkanes) is 6. The molecule has 0 fully saturated rings. The lowest BCUT2D eigenvalue weighted by Gasteiger charge is -2.43. The van der Waals surface area contributed by atoms with Crippen molar-refractivity contribution in [1.29, 1.82) is 0 Å². The summed E-state index contributed by atoms with van der Waals surface area (Å²) in [6.45, 7) is 21.1. The topological polar surface area (TPSA) is 15.6 Å². The number of halogens is 1. The van der Waals surface area contributed by atoms with Gasteiger partial charge in [-0.15, -0.1) is 12.4 Å². The molecular formula is C25H55ClN3+. The average Bonchev–Trinajstić information content (AvgIpc) is 2.72. The summed E-state index contributed by atoms with van der Waals surface area (Å²) in [5.41, 5.74) is 0. The Morgan fingerprint density at radius 2 is 0.966 bits per heavy atom. The minimum atomic E-state index is 0. The smallest absolute Gasteiger partial charge is 0.300 e. The first-order valence-corrected chi connectivity index (χ1v) is 12.8. The van der Waals surface area contributed by atoms with E-state index in [1.54, 1.807) is 0 Å². The maximum Gasteiger partial charge on any atom is 0.300 e. The molecule has 4 heteroatoms. The Morgan fingerprint density at radius 3 is 1.31 bits per heavy atom. The van der Waals surface area contributed by atoms with Crippen LogP contribution in [0.5, 0.6) is 0 Å². The summed E-state index contributed by atoms with van der Waals surface area (Å²) in [5, 5.41) is 0. The van der Waals surface area contributed by atoms with Gasteiger partial charge in [0.25, 0.3) is 5.96 Å². The van der Waals surface area contributed by atoms with Crippen molar-refractivity contribution in [3.05, 3.63) is 0 Å². The minimum absolute atomic E-state index is 0. The molecule has 0 unspecified atom stereocenters. The maximum atomic E-state index is 5.37. The van der Waals surface area contributed by atoms with Gasteiger partial charge in [-0.25, -0.2) is 4.99 Å². The SMILES string of the molecule is CCCCN=C(N(CCCC)CCCC)[N+](CCCC)(CCCC)CCCC.Cl. The molecule has 0 saturated carbocycles. The van der Waals surface area contributed by atoms with Crippen LogP contribution in [0, 0.1) is 0 Å². The molecule has 29 heavy (non-hydrogen) atoms. The van der Waals surface area contributed by atoms with Crippen molar-refractivity contribution >= 4 is 18.4 Å². The van der Waals surface area contributed by atoms with Crippen LogP contribution in [0.15, 0.2) is 4.99 Å². The van der Waals surface area contributed by atoms with E-state index in [2.05, 4.69) is 46.4 Å². The highest BCUT2D eigenvalue weighted by Crippen LogP contribution is 2.20. The van der Waals surface area contributed by atoms with E-state index in [1.165, 1.54) is 116 Å². The Labute approximate surface area is 190 Å². The van der Waals surface area contributed by atoms with Crippen LogP contribution in [0.2, 0.25) is 0 Å². The number of aliphatic imine (C=N–C) groups is 1. The van der Waals surface area contributed by atoms with Crippen LogP contribution >= 0.6 is 12.4 Å². The third-order valence-corrected chi connectivity index (χ3v) is 5.85. The van der Waals surface area contributed by atoms with Crippen molar-refractivity contribution in [3.8, 4) is 0 Å². The fraction of sp³-hybridized carbons (Fsp3) is 0.960. The van der Waals surface area contributed by atoms with Gasteiger partial charge in [0.15, 0.2) is 0 Å². The molecule has 0 aromatic heterocycles. The second kappa shape index (κ2) is 21.0. The monoisotopic (exact) mass is 432 g/mol. The van der Waals surface area contributed by atoms with Crippen molar-refractivity contribution in [2.75, 3.05) is 39.3 Å². The zero-order chi connectivity index (χ0) is 21.1. The highest BCUT2D eigenvalue weighted by Gasteiger charge is 2.36. The van der Waals surface area contributed by atoms with E-state index in [-0.39, 0.29) is 12.4 Å². The molecule has 0 N–H and O–H groups in total. The van der Waals surface area contributed by atoms with Crippen molar-refractivity contribution in [1.82, 2.24) is 4.90 Å². The molecule has 0 bridgehead atoms. The predicted octanol–water partition coefficient (Wildman–Crippen LogP) is 7.68. The minimum Gasteiger partial charge on any atom is -0.311 e. The summed E-state index contributed by atoms with van der Waals surface area (Å²) in [6.07, 6.45) is 15.3. The summed E-state index contributed by atoms with van der Waals surface area (Å²) in [5.74, 6) is 1.45. The summed E-state index contributed by atoms with van der Waals surface area (Å²) >= 11 is 0. The lowest BCUT2D eigenvalue weighted by molar-refractivity contribution is -0.848. The van der Waals surface area contributed by atoms with Gasteiger partial charge in [-0.1, -0.05) is 80.1 Å². The first-order chi connectivity index (χ1) is 13.7. The largest absolute Gasteiger partial charge is 0.311 e. The molecule has 0 aliphatic carbocycles. The third-order valence-electron chi connectivity index (χ3n) is 5.85. The second-order valence-corrected chi connectivity index (χ2v) is 8.61. The van der Waals surface area contributed by atoms with Gasteiger partial charge in [-0.2, -0.15) is 0 Å². The molecule has 3 nitrogen and oxygen atoms in total. The number of rotatable bonds is 18. The molecule has 0 aliphatic heterocycles. The molecule has 176 valence electrons. The summed E-state index contributed by atoms with van der Waals surface area (Å²) in [4.78, 5) is 8.08. The van der Waals surface area contributed by atoms with Crippen LogP contribution in [0.1, 0.15) is 119 Å². The fourth-order valence-corrected chi connectivity index (χ4v) is 3.91. The first-order valence-electron chi connectivity index (χ1n) is 12.8. The molecule has 0 atom stereocenters. The Bertz CT molecular complexity index is 341. The number of quaternary nitrogens is 1.